The molecule has 0 N–H and O–H groups in total. The second-order valence-electron chi connectivity index (χ2n) is 7.33. The Morgan fingerprint density at radius 1 is 1.22 bits per heavy atom. The molecule has 0 aromatic carbocycles. The van der Waals surface area contributed by atoms with Crippen LogP contribution in [0.25, 0.3) is 17.0 Å². The highest BCUT2D eigenvalue weighted by Crippen LogP contribution is 2.35. The number of fused-ring (bicyclic) bond motifs is 1. The molecular formula is C19H20N6O2. The first kappa shape index (κ1) is 17.1. The highest BCUT2D eigenvalue weighted by Gasteiger charge is 2.28. The maximum Gasteiger partial charge on any atom is 0.238 e. The van der Waals surface area contributed by atoms with Crippen LogP contribution < -0.4 is 4.74 Å². The van der Waals surface area contributed by atoms with Gasteiger partial charge in [-0.2, -0.15) is 5.10 Å². The largest absolute Gasteiger partial charge is 0.470 e. The van der Waals surface area contributed by atoms with Crippen molar-refractivity contribution in [3.63, 3.8) is 0 Å². The average molecular weight is 364 g/mol. The summed E-state index contributed by atoms with van der Waals surface area (Å²) < 4.78 is 12.9. The summed E-state index contributed by atoms with van der Waals surface area (Å²) in [4.78, 5) is 4.30. The van der Waals surface area contributed by atoms with Crippen LogP contribution in [0, 0.1) is 6.92 Å². The van der Waals surface area contributed by atoms with Crippen LogP contribution in [-0.2, 0) is 12.0 Å². The Labute approximate surface area is 156 Å². The highest BCUT2D eigenvalue weighted by molar-refractivity contribution is 5.64. The fourth-order valence-corrected chi connectivity index (χ4v) is 2.93. The summed E-state index contributed by atoms with van der Waals surface area (Å²) in [6, 6.07) is 7.52. The third-order valence-electron chi connectivity index (χ3n) is 4.11. The van der Waals surface area contributed by atoms with Crippen LogP contribution in [0.2, 0.25) is 0 Å². The Hall–Kier alpha value is -3.29. The van der Waals surface area contributed by atoms with Crippen molar-refractivity contribution in [1.82, 2.24) is 30.0 Å². The standard InChI is InChI=1S/C19H20N6O2/c1-12-9-14(24-27-12)17-22-21-10-15-16(19(2,3)4)18(23-25(15)17)26-11-13-7-5-6-8-20-13/h5-10H,11H2,1-4H3. The molecular weight excluding hydrogens is 344 g/mol. The van der Waals surface area contributed by atoms with Gasteiger partial charge >= 0.3 is 0 Å². The van der Waals surface area contributed by atoms with Crippen LogP contribution in [0.3, 0.4) is 0 Å². The van der Waals surface area contributed by atoms with Crippen LogP contribution in [0.1, 0.15) is 37.8 Å². The number of hydrogen-bond donors (Lipinski definition) is 0. The van der Waals surface area contributed by atoms with Crippen LogP contribution in [-0.4, -0.2) is 30.0 Å². The van der Waals surface area contributed by atoms with Crippen molar-refractivity contribution in [3.8, 4) is 17.4 Å². The summed E-state index contributed by atoms with van der Waals surface area (Å²) in [6.45, 7) is 8.48. The number of aryl methyl sites for hydroxylation is 1. The maximum absolute atomic E-state index is 6.04. The molecule has 0 spiro atoms. The third-order valence-corrected chi connectivity index (χ3v) is 4.11. The fourth-order valence-electron chi connectivity index (χ4n) is 2.93. The van der Waals surface area contributed by atoms with E-state index in [2.05, 4.69) is 46.2 Å². The molecule has 0 bridgehead atoms. The molecule has 4 aromatic rings. The molecule has 4 heterocycles. The van der Waals surface area contributed by atoms with Gasteiger partial charge in [-0.25, -0.2) is 4.52 Å². The van der Waals surface area contributed by atoms with E-state index in [1.54, 1.807) is 23.0 Å². The Bertz CT molecular complexity index is 1080. The van der Waals surface area contributed by atoms with Crippen molar-refractivity contribution in [2.75, 3.05) is 0 Å². The fraction of sp³-hybridized carbons (Fsp3) is 0.316. The molecule has 0 atom stereocenters. The molecule has 138 valence electrons. The molecule has 0 fully saturated rings. The molecule has 0 amide bonds. The van der Waals surface area contributed by atoms with Gasteiger partial charge in [0.2, 0.25) is 11.7 Å². The molecule has 4 rings (SSSR count). The summed E-state index contributed by atoms with van der Waals surface area (Å²) in [5.41, 5.74) is 2.98. The minimum atomic E-state index is -0.207. The summed E-state index contributed by atoms with van der Waals surface area (Å²) >= 11 is 0. The predicted octanol–water partition coefficient (Wildman–Crippen LogP) is 3.36. The van der Waals surface area contributed by atoms with Crippen molar-refractivity contribution in [2.24, 2.45) is 0 Å². The molecule has 0 saturated carbocycles. The SMILES string of the molecule is Cc1cc(-c2nncc3c(C(C)(C)C)c(OCc4ccccn4)nn23)no1. The van der Waals surface area contributed by atoms with Crippen LogP contribution in [0.15, 0.2) is 41.2 Å². The molecule has 4 aromatic heterocycles. The molecule has 0 unspecified atom stereocenters. The first-order valence-corrected chi connectivity index (χ1v) is 8.65. The molecule has 0 saturated heterocycles. The van der Waals surface area contributed by atoms with E-state index < -0.39 is 0 Å². The zero-order valence-corrected chi connectivity index (χ0v) is 15.7. The molecule has 0 radical (unpaired) electrons. The lowest BCUT2D eigenvalue weighted by Gasteiger charge is -2.18. The zero-order chi connectivity index (χ0) is 19.0. The van der Waals surface area contributed by atoms with E-state index in [-0.39, 0.29) is 5.41 Å². The molecule has 8 heteroatoms. The summed E-state index contributed by atoms with van der Waals surface area (Å²) in [7, 11) is 0. The van der Waals surface area contributed by atoms with E-state index >= 15 is 0 Å². The Morgan fingerprint density at radius 3 is 2.74 bits per heavy atom. The second-order valence-corrected chi connectivity index (χ2v) is 7.33. The van der Waals surface area contributed by atoms with Gasteiger partial charge in [-0.05, 0) is 24.5 Å². The van der Waals surface area contributed by atoms with Crippen LogP contribution >= 0.6 is 0 Å². The van der Waals surface area contributed by atoms with Crippen LogP contribution in [0.5, 0.6) is 5.88 Å². The molecule has 0 aliphatic rings. The topological polar surface area (TPSA) is 91.2 Å². The quantitative estimate of drug-likeness (QED) is 0.548. The van der Waals surface area contributed by atoms with Gasteiger partial charge in [0.05, 0.1) is 17.4 Å². The first-order valence-electron chi connectivity index (χ1n) is 8.65. The monoisotopic (exact) mass is 364 g/mol. The van der Waals surface area contributed by atoms with E-state index in [1.165, 1.54) is 0 Å². The van der Waals surface area contributed by atoms with E-state index in [4.69, 9.17) is 9.26 Å². The Balaban J connectivity index is 1.82. The van der Waals surface area contributed by atoms with Crippen LogP contribution in [0.4, 0.5) is 0 Å². The lowest BCUT2D eigenvalue weighted by Crippen LogP contribution is -2.13. The van der Waals surface area contributed by atoms with Crippen molar-refractivity contribution >= 4 is 5.52 Å². The normalized spacial score (nSPS) is 11.9. The van der Waals surface area contributed by atoms with E-state index in [0.717, 1.165) is 16.8 Å². The van der Waals surface area contributed by atoms with E-state index in [9.17, 15) is 0 Å². The number of nitrogens with zero attached hydrogens (tertiary/aromatic N) is 6. The van der Waals surface area contributed by atoms with Crippen molar-refractivity contribution in [3.05, 3.63) is 53.7 Å². The third kappa shape index (κ3) is 3.25. The number of ether oxygens (including phenoxy) is 1. The van der Waals surface area contributed by atoms with Gasteiger partial charge in [0.25, 0.3) is 0 Å². The van der Waals surface area contributed by atoms with Gasteiger partial charge in [0, 0.05) is 17.8 Å². The number of hydrogen-bond acceptors (Lipinski definition) is 7. The summed E-state index contributed by atoms with van der Waals surface area (Å²) in [6.07, 6.45) is 3.43. The second kappa shape index (κ2) is 6.46. The van der Waals surface area contributed by atoms with Gasteiger partial charge in [-0.15, -0.1) is 10.2 Å². The van der Waals surface area contributed by atoms with Gasteiger partial charge in [0.1, 0.15) is 12.4 Å². The first-order chi connectivity index (χ1) is 12.9. The van der Waals surface area contributed by atoms with Gasteiger partial charge < -0.3 is 9.26 Å². The predicted molar refractivity (Wildman–Crippen MR) is 98.3 cm³/mol. The number of rotatable bonds is 4. The molecule has 27 heavy (non-hydrogen) atoms. The number of pyridine rings is 1. The van der Waals surface area contributed by atoms with Gasteiger partial charge in [-0.3, -0.25) is 4.98 Å². The summed E-state index contributed by atoms with van der Waals surface area (Å²) in [5, 5.41) is 17.1. The Morgan fingerprint density at radius 2 is 2.07 bits per heavy atom. The van der Waals surface area contributed by atoms with Gasteiger partial charge in [-0.1, -0.05) is 32.0 Å². The Kier molecular flexibility index (Phi) is 4.10. The smallest absolute Gasteiger partial charge is 0.238 e. The van der Waals surface area contributed by atoms with E-state index in [0.29, 0.717) is 29.8 Å². The molecule has 8 nitrogen and oxygen atoms in total. The van der Waals surface area contributed by atoms with E-state index in [1.807, 2.05) is 25.1 Å². The lowest BCUT2D eigenvalue weighted by atomic mass is 9.88. The highest BCUT2D eigenvalue weighted by atomic mass is 16.5. The maximum atomic E-state index is 6.04. The zero-order valence-electron chi connectivity index (χ0n) is 15.7. The van der Waals surface area contributed by atoms with Crippen molar-refractivity contribution in [1.29, 1.82) is 0 Å². The van der Waals surface area contributed by atoms with Crippen molar-refractivity contribution in [2.45, 2.75) is 39.7 Å². The average Bonchev–Trinajstić information content (AvgIpc) is 3.23. The molecule has 0 aliphatic carbocycles. The lowest BCUT2D eigenvalue weighted by molar-refractivity contribution is 0.280. The number of aromatic nitrogens is 6. The minimum absolute atomic E-state index is 0.207. The minimum Gasteiger partial charge on any atom is -0.470 e. The van der Waals surface area contributed by atoms with Gasteiger partial charge in [0.15, 0.2) is 5.69 Å². The summed E-state index contributed by atoms with van der Waals surface area (Å²) in [5.74, 6) is 1.73. The van der Waals surface area contributed by atoms with Crippen molar-refractivity contribution < 1.29 is 9.26 Å². The molecule has 0 aliphatic heterocycles.